The summed E-state index contributed by atoms with van der Waals surface area (Å²) in [5.41, 5.74) is 0.137. The molecule has 0 aromatic heterocycles. The topological polar surface area (TPSA) is 66.9 Å². The zero-order valence-electron chi connectivity index (χ0n) is 20.4. The lowest BCUT2D eigenvalue weighted by atomic mass is 9.86. The number of benzene rings is 3. The highest BCUT2D eigenvalue weighted by atomic mass is 79.9. The van der Waals surface area contributed by atoms with Gasteiger partial charge in [0.05, 0.1) is 40.7 Å². The van der Waals surface area contributed by atoms with Crippen molar-refractivity contribution in [2.75, 3.05) is 16.9 Å². The summed E-state index contributed by atoms with van der Waals surface area (Å²) < 4.78 is 47.4. The van der Waals surface area contributed by atoms with Crippen LogP contribution >= 0.6 is 15.9 Å². The molecule has 6 nitrogen and oxygen atoms in total. The Morgan fingerprint density at radius 1 is 0.923 bits per heavy atom. The molecule has 0 radical (unpaired) electrons. The second-order valence-corrected chi connectivity index (χ2v) is 10.4. The minimum Gasteiger partial charge on any atom is -0.496 e. The maximum Gasteiger partial charge on any atom is 0.418 e. The number of alkyl halides is 3. The number of rotatable bonds is 4. The molecule has 3 heterocycles. The van der Waals surface area contributed by atoms with Crippen molar-refractivity contribution >= 4 is 51.0 Å². The molecule has 6 rings (SSSR count). The standard InChI is InChI=1S/C29H20BrF3N2O4/c1-39-22-13-11-16(14-18(22)30)26(36)25-24-23(21-12-10-15-6-2-4-8-19(15)34(21)25)27(37)35(28(24)38)20-9-5-3-7-17(20)29(31,32)33/h2-14,21,23-25H,1H3/t21-,23-,24-,25+/m0/s1. The Morgan fingerprint density at radius 3 is 2.28 bits per heavy atom. The predicted molar refractivity (Wildman–Crippen MR) is 141 cm³/mol. The first-order chi connectivity index (χ1) is 18.6. The summed E-state index contributed by atoms with van der Waals surface area (Å²) in [6.45, 7) is 0. The van der Waals surface area contributed by atoms with Gasteiger partial charge in [0.15, 0.2) is 5.78 Å². The van der Waals surface area contributed by atoms with Crippen molar-refractivity contribution in [2.45, 2.75) is 18.3 Å². The molecule has 0 unspecified atom stereocenters. The molecule has 10 heteroatoms. The molecule has 39 heavy (non-hydrogen) atoms. The molecule has 2 saturated heterocycles. The summed E-state index contributed by atoms with van der Waals surface area (Å²) >= 11 is 3.39. The number of amides is 2. The molecule has 3 aromatic carbocycles. The van der Waals surface area contributed by atoms with E-state index in [0.29, 0.717) is 20.8 Å². The SMILES string of the molecule is COc1ccc(C(=O)[C@H]2[C@H]3C(=O)N(c4ccccc4C(F)(F)F)C(=O)[C@H]3[C@@H]3C=Cc4ccccc4N32)cc1Br. The number of carbonyl (C=O) groups is 3. The van der Waals surface area contributed by atoms with Crippen LogP contribution in [0.5, 0.6) is 5.75 Å². The van der Waals surface area contributed by atoms with E-state index in [2.05, 4.69) is 15.9 Å². The molecule has 0 spiro atoms. The minimum absolute atomic E-state index is 0.272. The van der Waals surface area contributed by atoms with Crippen molar-refractivity contribution in [1.82, 2.24) is 0 Å². The van der Waals surface area contributed by atoms with Gasteiger partial charge in [0, 0.05) is 11.3 Å². The average molecular weight is 597 g/mol. The second-order valence-electron chi connectivity index (χ2n) is 9.55. The van der Waals surface area contributed by atoms with Gasteiger partial charge in [-0.3, -0.25) is 14.4 Å². The maximum atomic E-state index is 14.1. The van der Waals surface area contributed by atoms with Gasteiger partial charge in [0.2, 0.25) is 11.8 Å². The molecule has 2 amide bonds. The highest BCUT2D eigenvalue weighted by molar-refractivity contribution is 9.10. The van der Waals surface area contributed by atoms with Crippen LogP contribution in [0.15, 0.2) is 77.3 Å². The van der Waals surface area contributed by atoms with Gasteiger partial charge in [-0.2, -0.15) is 13.2 Å². The van der Waals surface area contributed by atoms with E-state index in [1.54, 1.807) is 35.2 Å². The number of Topliss-reactive ketones (excluding diaryl/α,β-unsaturated/α-hetero) is 1. The monoisotopic (exact) mass is 596 g/mol. The number of nitrogens with zero attached hydrogens (tertiary/aromatic N) is 2. The van der Waals surface area contributed by atoms with Crippen LogP contribution in [0.2, 0.25) is 0 Å². The summed E-state index contributed by atoms with van der Waals surface area (Å²) in [4.78, 5) is 44.3. The van der Waals surface area contributed by atoms with E-state index < -0.39 is 58.9 Å². The first kappa shape index (κ1) is 25.4. The second kappa shape index (κ2) is 9.08. The number of methoxy groups -OCH3 is 1. The molecule has 3 aliphatic rings. The number of anilines is 2. The highest BCUT2D eigenvalue weighted by Gasteiger charge is 2.64. The van der Waals surface area contributed by atoms with Crippen LogP contribution in [0, 0.1) is 11.8 Å². The smallest absolute Gasteiger partial charge is 0.418 e. The Hall–Kier alpha value is -3.92. The fraction of sp³-hybridized carbons (Fsp3) is 0.207. The van der Waals surface area contributed by atoms with Crippen LogP contribution in [-0.2, 0) is 15.8 Å². The highest BCUT2D eigenvalue weighted by Crippen LogP contribution is 2.51. The number of hydrogen-bond donors (Lipinski definition) is 0. The van der Waals surface area contributed by atoms with E-state index >= 15 is 0 Å². The first-order valence-corrected chi connectivity index (χ1v) is 12.9. The van der Waals surface area contributed by atoms with Crippen LogP contribution < -0.4 is 14.5 Å². The largest absolute Gasteiger partial charge is 0.496 e. The number of fused-ring (bicyclic) bond motifs is 5. The minimum atomic E-state index is -4.78. The lowest BCUT2D eigenvalue weighted by Gasteiger charge is -2.36. The molecule has 0 aliphatic carbocycles. The van der Waals surface area contributed by atoms with Crippen LogP contribution in [0.1, 0.15) is 21.5 Å². The number of halogens is 4. The van der Waals surface area contributed by atoms with Gasteiger partial charge in [-0.15, -0.1) is 0 Å². The molecule has 2 fully saturated rings. The maximum absolute atomic E-state index is 14.1. The third kappa shape index (κ3) is 3.80. The Labute approximate surface area is 229 Å². The number of ether oxygens (including phenoxy) is 1. The lowest BCUT2D eigenvalue weighted by molar-refractivity contribution is -0.137. The van der Waals surface area contributed by atoms with Crippen LogP contribution in [0.25, 0.3) is 6.08 Å². The number of carbonyl (C=O) groups excluding carboxylic acids is 3. The molecule has 0 N–H and O–H groups in total. The molecule has 3 aliphatic heterocycles. The molecule has 0 bridgehead atoms. The fourth-order valence-corrected chi connectivity index (χ4v) is 6.49. The van der Waals surface area contributed by atoms with E-state index in [1.807, 2.05) is 24.3 Å². The summed E-state index contributed by atoms with van der Waals surface area (Å²) in [5, 5.41) is 0. The van der Waals surface area contributed by atoms with Crippen molar-refractivity contribution < 1.29 is 32.3 Å². The quantitative estimate of drug-likeness (QED) is 0.283. The third-order valence-corrected chi connectivity index (χ3v) is 8.19. The zero-order chi connectivity index (χ0) is 27.6. The normalized spacial score (nSPS) is 23.5. The Kier molecular flexibility index (Phi) is 5.91. The van der Waals surface area contributed by atoms with E-state index in [0.717, 1.165) is 17.7 Å². The van der Waals surface area contributed by atoms with Crippen LogP contribution in [-0.4, -0.2) is 36.8 Å². The van der Waals surface area contributed by atoms with Gasteiger partial charge in [0.25, 0.3) is 0 Å². The van der Waals surface area contributed by atoms with Gasteiger partial charge in [-0.1, -0.05) is 42.5 Å². The molecule has 198 valence electrons. The summed E-state index contributed by atoms with van der Waals surface area (Å²) in [6.07, 6.45) is -1.22. The molecular formula is C29H20BrF3N2O4. The first-order valence-electron chi connectivity index (χ1n) is 12.1. The van der Waals surface area contributed by atoms with Gasteiger partial charge in [-0.25, -0.2) is 4.90 Å². The molecule has 0 saturated carbocycles. The van der Waals surface area contributed by atoms with Crippen LogP contribution in [0.4, 0.5) is 24.5 Å². The number of imide groups is 1. The van der Waals surface area contributed by atoms with Gasteiger partial charge >= 0.3 is 6.18 Å². The summed E-state index contributed by atoms with van der Waals surface area (Å²) in [7, 11) is 1.49. The summed E-state index contributed by atoms with van der Waals surface area (Å²) in [5.74, 6) is -3.73. The fourth-order valence-electron chi connectivity index (χ4n) is 5.95. The van der Waals surface area contributed by atoms with Gasteiger partial charge < -0.3 is 9.64 Å². The predicted octanol–water partition coefficient (Wildman–Crippen LogP) is 5.75. The van der Waals surface area contributed by atoms with Crippen molar-refractivity contribution in [1.29, 1.82) is 0 Å². The zero-order valence-corrected chi connectivity index (χ0v) is 21.9. The Bertz CT molecular complexity index is 1570. The van der Waals surface area contributed by atoms with Crippen molar-refractivity contribution in [3.8, 4) is 5.75 Å². The number of ketones is 1. The number of hydrogen-bond acceptors (Lipinski definition) is 5. The molecule has 3 aromatic rings. The van der Waals surface area contributed by atoms with E-state index in [1.165, 1.54) is 19.2 Å². The third-order valence-electron chi connectivity index (χ3n) is 7.57. The summed E-state index contributed by atoms with van der Waals surface area (Å²) in [6, 6.07) is 14.7. The average Bonchev–Trinajstić information content (AvgIpc) is 3.40. The number of para-hydroxylation sites is 2. The Balaban J connectivity index is 1.50. The molecule has 4 atom stereocenters. The van der Waals surface area contributed by atoms with Crippen LogP contribution in [0.3, 0.4) is 0 Å². The lowest BCUT2D eigenvalue weighted by Crippen LogP contribution is -2.49. The van der Waals surface area contributed by atoms with Crippen molar-refractivity contribution in [3.63, 3.8) is 0 Å². The van der Waals surface area contributed by atoms with E-state index in [-0.39, 0.29) is 5.56 Å². The Morgan fingerprint density at radius 2 is 1.59 bits per heavy atom. The van der Waals surface area contributed by atoms with Gasteiger partial charge in [0.1, 0.15) is 11.8 Å². The van der Waals surface area contributed by atoms with Gasteiger partial charge in [-0.05, 0) is 57.9 Å². The van der Waals surface area contributed by atoms with Crippen molar-refractivity contribution in [3.05, 3.63) is 94.0 Å². The molecular weight excluding hydrogens is 577 g/mol. The van der Waals surface area contributed by atoms with E-state index in [9.17, 15) is 27.6 Å². The van der Waals surface area contributed by atoms with E-state index in [4.69, 9.17) is 4.74 Å². The van der Waals surface area contributed by atoms with Crippen molar-refractivity contribution in [2.24, 2.45) is 11.8 Å².